The molecule has 0 saturated heterocycles. The van der Waals surface area contributed by atoms with Crippen LogP contribution in [0.5, 0.6) is 0 Å². The Morgan fingerprint density at radius 2 is 1.88 bits per heavy atom. The molecule has 1 aliphatic heterocycles. The largest absolute Gasteiger partial charge is 0.463 e. The lowest BCUT2D eigenvalue weighted by atomic mass is 10.0. The Balaban J connectivity index is 1.57. The zero-order valence-corrected chi connectivity index (χ0v) is 18.9. The predicted molar refractivity (Wildman–Crippen MR) is 126 cm³/mol. The molecule has 3 aromatic rings. The lowest BCUT2D eigenvalue weighted by Gasteiger charge is -2.20. The molecule has 0 amide bonds. The van der Waals surface area contributed by atoms with Gasteiger partial charge < -0.3 is 21.1 Å². The number of ether oxygens (including phenoxy) is 1. The van der Waals surface area contributed by atoms with Gasteiger partial charge in [-0.1, -0.05) is 0 Å². The molecule has 0 fully saturated rings. The number of hydrogen-bond acceptors (Lipinski definition) is 7. The second kappa shape index (κ2) is 8.34. The first kappa shape index (κ1) is 22.2. The molecular formula is C24H25F3N6O. The Morgan fingerprint density at radius 3 is 2.62 bits per heavy atom. The van der Waals surface area contributed by atoms with Crippen LogP contribution in [-0.2, 0) is 23.8 Å². The minimum atomic E-state index is -4.48. The van der Waals surface area contributed by atoms with E-state index in [2.05, 4.69) is 20.6 Å². The summed E-state index contributed by atoms with van der Waals surface area (Å²) < 4.78 is 45.5. The summed E-state index contributed by atoms with van der Waals surface area (Å²) >= 11 is 0. The molecular weight excluding hydrogens is 445 g/mol. The molecule has 10 heteroatoms. The average Bonchev–Trinajstić information content (AvgIpc) is 3.45. The number of anilines is 3. The smallest absolute Gasteiger partial charge is 0.416 e. The number of amidine groups is 1. The van der Waals surface area contributed by atoms with Crippen molar-refractivity contribution in [2.45, 2.75) is 45.3 Å². The highest BCUT2D eigenvalue weighted by Crippen LogP contribution is 2.39. The maximum Gasteiger partial charge on any atom is 0.416 e. The van der Waals surface area contributed by atoms with Gasteiger partial charge in [0.1, 0.15) is 18.2 Å². The van der Waals surface area contributed by atoms with E-state index in [1.54, 1.807) is 13.0 Å². The number of aliphatic imine (C=N–C) groups is 1. The van der Waals surface area contributed by atoms with Crippen LogP contribution in [0.2, 0.25) is 0 Å². The van der Waals surface area contributed by atoms with Crippen molar-refractivity contribution in [2.24, 2.45) is 4.99 Å². The summed E-state index contributed by atoms with van der Waals surface area (Å²) in [7, 11) is 0. The van der Waals surface area contributed by atoms with Crippen LogP contribution in [0.1, 0.15) is 47.5 Å². The van der Waals surface area contributed by atoms with Crippen LogP contribution in [0.15, 0.2) is 29.3 Å². The minimum Gasteiger partial charge on any atom is -0.463 e. The van der Waals surface area contributed by atoms with Gasteiger partial charge in [0.15, 0.2) is 0 Å². The molecule has 1 unspecified atom stereocenters. The fraction of sp³-hybridized carbons (Fsp3) is 0.375. The van der Waals surface area contributed by atoms with Gasteiger partial charge in [0.25, 0.3) is 6.02 Å². The van der Waals surface area contributed by atoms with Crippen molar-refractivity contribution in [3.63, 3.8) is 0 Å². The Labute approximate surface area is 194 Å². The third-order valence-electron chi connectivity index (χ3n) is 6.16. The van der Waals surface area contributed by atoms with Crippen LogP contribution in [0, 0.1) is 6.92 Å². The number of nitrogens with one attached hydrogen (secondary N) is 2. The van der Waals surface area contributed by atoms with Gasteiger partial charge >= 0.3 is 6.18 Å². The molecule has 2 aliphatic rings. The van der Waals surface area contributed by atoms with E-state index in [1.807, 2.05) is 13.0 Å². The van der Waals surface area contributed by atoms with Crippen LogP contribution in [0.25, 0.3) is 10.9 Å². The van der Waals surface area contributed by atoms with E-state index in [0.717, 1.165) is 53.5 Å². The zero-order valence-electron chi connectivity index (χ0n) is 18.9. The van der Waals surface area contributed by atoms with Crippen LogP contribution in [0.4, 0.5) is 30.4 Å². The van der Waals surface area contributed by atoms with Gasteiger partial charge in [-0.15, -0.1) is 0 Å². The molecule has 5 rings (SSSR count). The zero-order chi connectivity index (χ0) is 24.0. The van der Waals surface area contributed by atoms with Gasteiger partial charge in [-0.2, -0.15) is 13.2 Å². The summed E-state index contributed by atoms with van der Waals surface area (Å²) in [6.07, 6.45) is -1.65. The third-order valence-corrected chi connectivity index (χ3v) is 6.16. The Hall–Kier alpha value is -3.56. The van der Waals surface area contributed by atoms with E-state index in [4.69, 9.17) is 15.5 Å². The number of nitrogens with zero attached hydrogens (tertiary/aromatic N) is 3. The number of nitrogens with two attached hydrogens (primary N) is 1. The predicted octanol–water partition coefficient (Wildman–Crippen LogP) is 5.00. The summed E-state index contributed by atoms with van der Waals surface area (Å²) in [6.45, 7) is 4.76. The second-order valence-electron chi connectivity index (χ2n) is 8.66. The topological polar surface area (TPSA) is 97.5 Å². The van der Waals surface area contributed by atoms with Gasteiger partial charge in [0.05, 0.1) is 23.7 Å². The van der Waals surface area contributed by atoms with E-state index < -0.39 is 17.8 Å². The third kappa shape index (κ3) is 4.20. The number of alkyl halides is 3. The highest BCUT2D eigenvalue weighted by atomic mass is 19.4. The molecule has 2 heterocycles. The number of hydrogen-bond donors (Lipinski definition) is 3. The number of halogens is 3. The van der Waals surface area contributed by atoms with E-state index in [-0.39, 0.29) is 5.69 Å². The molecule has 0 radical (unpaired) electrons. The van der Waals surface area contributed by atoms with Crippen LogP contribution in [-0.4, -0.2) is 29.1 Å². The lowest BCUT2D eigenvalue weighted by molar-refractivity contribution is -0.137. The number of nitrogen functional groups attached to an aromatic ring is 1. The average molecular weight is 470 g/mol. The SMILES string of the molecule is Cc1nc(NC(C)c2cc(N)cc(C(F)(F)F)c2)c2cc(NC3=NCCO3)c3c(c2n1)CCC3. The molecule has 4 N–H and O–H groups in total. The van der Waals surface area contributed by atoms with Gasteiger partial charge in [-0.25, -0.2) is 15.0 Å². The second-order valence-corrected chi connectivity index (χ2v) is 8.66. The molecule has 178 valence electrons. The van der Waals surface area contributed by atoms with Crippen molar-refractivity contribution < 1.29 is 17.9 Å². The number of benzene rings is 2. The summed E-state index contributed by atoms with van der Waals surface area (Å²) in [4.78, 5) is 13.6. The normalized spacial score (nSPS) is 16.2. The molecule has 0 spiro atoms. The Kier molecular flexibility index (Phi) is 5.45. The fourth-order valence-corrected chi connectivity index (χ4v) is 4.61. The molecule has 1 atom stereocenters. The van der Waals surface area contributed by atoms with E-state index in [0.29, 0.717) is 36.4 Å². The van der Waals surface area contributed by atoms with Crippen molar-refractivity contribution in [2.75, 3.05) is 29.5 Å². The molecule has 1 aromatic heterocycles. The molecule has 7 nitrogen and oxygen atoms in total. The molecule has 34 heavy (non-hydrogen) atoms. The monoisotopic (exact) mass is 470 g/mol. The highest BCUT2D eigenvalue weighted by molar-refractivity contribution is 6.00. The van der Waals surface area contributed by atoms with Crippen LogP contribution >= 0.6 is 0 Å². The van der Waals surface area contributed by atoms with Crippen molar-refractivity contribution in [1.29, 1.82) is 0 Å². The first-order chi connectivity index (χ1) is 16.2. The number of fused-ring (bicyclic) bond motifs is 3. The Morgan fingerprint density at radius 1 is 1.09 bits per heavy atom. The summed E-state index contributed by atoms with van der Waals surface area (Å²) in [5.41, 5.74) is 9.58. The maximum absolute atomic E-state index is 13.3. The Bertz CT molecular complexity index is 1300. The molecule has 0 saturated carbocycles. The highest BCUT2D eigenvalue weighted by Gasteiger charge is 2.31. The van der Waals surface area contributed by atoms with Crippen molar-refractivity contribution in [3.05, 3.63) is 52.3 Å². The number of rotatable bonds is 4. The summed E-state index contributed by atoms with van der Waals surface area (Å²) in [5.74, 6) is 1.14. The van der Waals surface area contributed by atoms with Gasteiger partial charge in [-0.05, 0) is 74.1 Å². The van der Waals surface area contributed by atoms with Gasteiger partial charge in [0.2, 0.25) is 0 Å². The molecule has 0 bridgehead atoms. The minimum absolute atomic E-state index is 0.0591. The molecule has 1 aliphatic carbocycles. The quantitative estimate of drug-likeness (QED) is 0.465. The van der Waals surface area contributed by atoms with Crippen LogP contribution in [0.3, 0.4) is 0 Å². The summed E-state index contributed by atoms with van der Waals surface area (Å²) in [6, 6.07) is 5.58. The first-order valence-corrected chi connectivity index (χ1v) is 11.2. The molecule has 2 aromatic carbocycles. The maximum atomic E-state index is 13.3. The van der Waals surface area contributed by atoms with Crippen molar-refractivity contribution in [3.8, 4) is 0 Å². The van der Waals surface area contributed by atoms with E-state index in [9.17, 15) is 13.2 Å². The lowest BCUT2D eigenvalue weighted by Crippen LogP contribution is -2.15. The van der Waals surface area contributed by atoms with E-state index in [1.165, 1.54) is 5.56 Å². The van der Waals surface area contributed by atoms with Crippen LogP contribution < -0.4 is 16.4 Å². The van der Waals surface area contributed by atoms with Crippen molar-refractivity contribution >= 4 is 34.1 Å². The van der Waals surface area contributed by atoms with Gasteiger partial charge in [-0.3, -0.25) is 0 Å². The van der Waals surface area contributed by atoms with E-state index >= 15 is 0 Å². The number of aryl methyl sites for hydroxylation is 2. The van der Waals surface area contributed by atoms with Gasteiger partial charge in [0, 0.05) is 16.8 Å². The standard InChI is InChI=1S/C24H25F3N6O/c1-12(14-8-15(24(25,26)27)10-16(28)9-14)30-22-19-11-20(33-23-29-6-7-34-23)17-4-3-5-18(17)21(19)31-13(2)32-22/h8-12H,3-7,28H2,1-2H3,(H,29,33)(H,30,31,32). The fourth-order valence-electron chi connectivity index (χ4n) is 4.61. The number of aromatic nitrogens is 2. The first-order valence-electron chi connectivity index (χ1n) is 11.2. The van der Waals surface area contributed by atoms with Crippen molar-refractivity contribution in [1.82, 2.24) is 9.97 Å². The summed E-state index contributed by atoms with van der Waals surface area (Å²) in [5, 5.41) is 7.38.